The normalized spacial score (nSPS) is 18.3. The van der Waals surface area contributed by atoms with Gasteiger partial charge in [-0.25, -0.2) is 14.8 Å². The number of carbonyl (C=O) groups is 3. The van der Waals surface area contributed by atoms with Crippen molar-refractivity contribution in [2.24, 2.45) is 0 Å². The lowest BCUT2D eigenvalue weighted by molar-refractivity contribution is -0.127. The summed E-state index contributed by atoms with van der Waals surface area (Å²) in [6.07, 6.45) is 3.61. The van der Waals surface area contributed by atoms with Gasteiger partial charge in [0, 0.05) is 32.4 Å². The van der Waals surface area contributed by atoms with Gasteiger partial charge < -0.3 is 19.4 Å². The van der Waals surface area contributed by atoms with E-state index in [-0.39, 0.29) is 24.2 Å². The maximum Gasteiger partial charge on any atom is 0.410 e. The van der Waals surface area contributed by atoms with Crippen LogP contribution in [0.4, 0.5) is 10.7 Å². The number of likely N-dealkylation sites (tertiary alicyclic amines) is 1. The van der Waals surface area contributed by atoms with Gasteiger partial charge in [-0.05, 0) is 44.9 Å². The summed E-state index contributed by atoms with van der Waals surface area (Å²) in [5.74, 6) is 0.0970. The Morgan fingerprint density at radius 3 is 2.57 bits per heavy atom. The maximum atomic E-state index is 12.6. The molecule has 0 unspecified atom stereocenters. The van der Waals surface area contributed by atoms with Gasteiger partial charge in [-0.15, -0.1) is 0 Å². The third kappa shape index (κ3) is 6.23. The number of hydrogen-bond acceptors (Lipinski definition) is 7. The molecule has 2 aliphatic rings. The Balaban J connectivity index is 1.49. The van der Waals surface area contributed by atoms with Crippen LogP contribution in [0.15, 0.2) is 48.3 Å². The Hall–Kier alpha value is -3.75. The molecule has 2 fully saturated rings. The second kappa shape index (κ2) is 10.2. The van der Waals surface area contributed by atoms with Crippen LogP contribution in [0, 0.1) is 0 Å². The Morgan fingerprint density at radius 1 is 1.06 bits per heavy atom. The van der Waals surface area contributed by atoms with Gasteiger partial charge in [-0.1, -0.05) is 30.3 Å². The molecule has 4 rings (SSSR count). The molecule has 35 heavy (non-hydrogen) atoms. The summed E-state index contributed by atoms with van der Waals surface area (Å²) in [4.78, 5) is 51.9. The fraction of sp³-hybridized carbons (Fsp3) is 0.423. The Morgan fingerprint density at radius 2 is 1.83 bits per heavy atom. The number of aromatic nitrogens is 2. The van der Waals surface area contributed by atoms with Crippen molar-refractivity contribution in [3.8, 4) is 0 Å². The monoisotopic (exact) mass is 477 g/mol. The second-order valence-electron chi connectivity index (χ2n) is 9.68. The first-order valence-corrected chi connectivity index (χ1v) is 11.8. The van der Waals surface area contributed by atoms with E-state index in [9.17, 15) is 14.4 Å². The highest BCUT2D eigenvalue weighted by Crippen LogP contribution is 2.24. The molecule has 0 aliphatic carbocycles. The van der Waals surface area contributed by atoms with Crippen molar-refractivity contribution in [3.05, 3.63) is 59.5 Å². The molecule has 2 amide bonds. The number of carbonyl (C=O) groups excluding carboxylic acids is 3. The Labute approximate surface area is 205 Å². The van der Waals surface area contributed by atoms with Crippen molar-refractivity contribution in [2.45, 2.75) is 45.8 Å². The minimum absolute atomic E-state index is 0.136. The molecular formula is C26H31N5O4. The molecule has 2 saturated heterocycles. The lowest BCUT2D eigenvalue weighted by Gasteiger charge is -2.26. The van der Waals surface area contributed by atoms with E-state index in [1.165, 1.54) is 4.90 Å². The Kier molecular flexibility index (Phi) is 7.14. The molecule has 3 heterocycles. The van der Waals surface area contributed by atoms with Gasteiger partial charge >= 0.3 is 6.09 Å². The van der Waals surface area contributed by atoms with E-state index >= 15 is 0 Å². The molecule has 9 nitrogen and oxygen atoms in total. The van der Waals surface area contributed by atoms with Crippen LogP contribution in [0.25, 0.3) is 6.08 Å². The third-order valence-corrected chi connectivity index (χ3v) is 5.75. The highest BCUT2D eigenvalue weighted by atomic mass is 16.6. The molecule has 1 aromatic carbocycles. The number of nitrogens with zero attached hydrogens (tertiary/aromatic N) is 5. The first-order chi connectivity index (χ1) is 16.7. The predicted molar refractivity (Wildman–Crippen MR) is 131 cm³/mol. The number of anilines is 1. The van der Waals surface area contributed by atoms with Crippen LogP contribution >= 0.6 is 0 Å². The van der Waals surface area contributed by atoms with Gasteiger partial charge in [0.2, 0.25) is 11.9 Å². The molecule has 0 bridgehead atoms. The molecule has 184 valence electrons. The van der Waals surface area contributed by atoms with E-state index in [1.807, 2.05) is 56.0 Å². The molecule has 0 spiro atoms. The zero-order valence-electron chi connectivity index (χ0n) is 20.4. The second-order valence-corrected chi connectivity index (χ2v) is 9.68. The van der Waals surface area contributed by atoms with E-state index in [1.54, 1.807) is 23.2 Å². The van der Waals surface area contributed by atoms with Crippen molar-refractivity contribution < 1.29 is 19.1 Å². The summed E-state index contributed by atoms with van der Waals surface area (Å²) in [6, 6.07) is 11.3. The predicted octanol–water partition coefficient (Wildman–Crippen LogP) is 3.27. The van der Waals surface area contributed by atoms with Gasteiger partial charge in [0.1, 0.15) is 5.60 Å². The molecule has 0 N–H and O–H groups in total. The summed E-state index contributed by atoms with van der Waals surface area (Å²) < 4.78 is 5.50. The van der Waals surface area contributed by atoms with Crippen molar-refractivity contribution in [1.29, 1.82) is 0 Å². The molecule has 2 aliphatic heterocycles. The molecular weight excluding hydrogens is 446 g/mol. The number of hydrogen-bond donors (Lipinski definition) is 0. The molecule has 0 atom stereocenters. The summed E-state index contributed by atoms with van der Waals surface area (Å²) in [6.45, 7) is 8.25. The average Bonchev–Trinajstić information content (AvgIpc) is 2.98. The SMILES string of the molecule is CC(C)(C)OC(=O)N1CCCN(c2nccc(/C=C3/C(=O)CC(=O)N3Cc3ccccc3)n2)CC1. The van der Waals surface area contributed by atoms with Crippen molar-refractivity contribution >= 4 is 29.8 Å². The smallest absolute Gasteiger partial charge is 0.410 e. The van der Waals surface area contributed by atoms with E-state index in [0.717, 1.165) is 12.0 Å². The topological polar surface area (TPSA) is 95.9 Å². The molecule has 0 radical (unpaired) electrons. The van der Waals surface area contributed by atoms with Gasteiger partial charge in [0.25, 0.3) is 0 Å². The Bertz CT molecular complexity index is 1130. The van der Waals surface area contributed by atoms with Crippen LogP contribution in [0.1, 0.15) is 44.9 Å². The number of benzene rings is 1. The molecule has 1 aromatic heterocycles. The number of ether oxygens (including phenoxy) is 1. The van der Waals surface area contributed by atoms with Gasteiger partial charge in [0.05, 0.1) is 24.4 Å². The van der Waals surface area contributed by atoms with Crippen molar-refractivity contribution in [1.82, 2.24) is 19.8 Å². The summed E-state index contributed by atoms with van der Waals surface area (Å²) in [5, 5.41) is 0. The molecule has 2 aromatic rings. The van der Waals surface area contributed by atoms with E-state index < -0.39 is 5.60 Å². The van der Waals surface area contributed by atoms with Crippen LogP contribution in [-0.4, -0.2) is 69.3 Å². The minimum atomic E-state index is -0.540. The summed E-state index contributed by atoms with van der Waals surface area (Å²) in [5.41, 5.74) is 1.31. The van der Waals surface area contributed by atoms with Crippen LogP contribution in [-0.2, 0) is 20.9 Å². The average molecular weight is 478 g/mol. The fourth-order valence-electron chi connectivity index (χ4n) is 4.07. The van der Waals surface area contributed by atoms with E-state index in [4.69, 9.17) is 4.74 Å². The van der Waals surface area contributed by atoms with Gasteiger partial charge in [-0.2, -0.15) is 0 Å². The lowest BCUT2D eigenvalue weighted by atomic mass is 10.2. The number of ketones is 1. The molecule has 0 saturated carbocycles. The number of Topliss-reactive ketones (excluding diaryl/α,β-unsaturated/α-hetero) is 1. The largest absolute Gasteiger partial charge is 0.444 e. The van der Waals surface area contributed by atoms with E-state index in [0.29, 0.717) is 50.1 Å². The fourth-order valence-corrected chi connectivity index (χ4v) is 4.07. The summed E-state index contributed by atoms with van der Waals surface area (Å²) in [7, 11) is 0. The number of amides is 2. The number of allylic oxidation sites excluding steroid dienone is 1. The first kappa shape index (κ1) is 24.4. The molecule has 9 heteroatoms. The zero-order valence-corrected chi connectivity index (χ0v) is 20.4. The lowest BCUT2D eigenvalue weighted by Crippen LogP contribution is -2.39. The van der Waals surface area contributed by atoms with Gasteiger partial charge in [0.15, 0.2) is 5.78 Å². The zero-order chi connectivity index (χ0) is 25.0. The summed E-state index contributed by atoms with van der Waals surface area (Å²) >= 11 is 0. The van der Waals surface area contributed by atoms with Crippen LogP contribution in [0.3, 0.4) is 0 Å². The van der Waals surface area contributed by atoms with Crippen LogP contribution in [0.5, 0.6) is 0 Å². The minimum Gasteiger partial charge on any atom is -0.444 e. The number of rotatable bonds is 4. The van der Waals surface area contributed by atoms with E-state index in [2.05, 4.69) is 9.97 Å². The standard InChI is InChI=1S/C26H31N5O4/c1-26(2,3)35-25(34)30-13-7-12-29(14-15-30)24-27-11-10-20(28-24)16-21-22(32)17-23(33)31(21)18-19-8-5-4-6-9-19/h4-6,8-11,16H,7,12-15,17-18H2,1-3H3/b21-16-. The van der Waals surface area contributed by atoms with Crippen LogP contribution < -0.4 is 4.90 Å². The van der Waals surface area contributed by atoms with Crippen molar-refractivity contribution in [3.63, 3.8) is 0 Å². The van der Waals surface area contributed by atoms with Crippen molar-refractivity contribution in [2.75, 3.05) is 31.1 Å². The third-order valence-electron chi connectivity index (χ3n) is 5.75. The quantitative estimate of drug-likeness (QED) is 0.493. The highest BCUT2D eigenvalue weighted by Gasteiger charge is 2.33. The first-order valence-electron chi connectivity index (χ1n) is 11.8. The highest BCUT2D eigenvalue weighted by molar-refractivity contribution is 6.16. The maximum absolute atomic E-state index is 12.6. The van der Waals surface area contributed by atoms with Crippen LogP contribution in [0.2, 0.25) is 0 Å². The van der Waals surface area contributed by atoms with Gasteiger partial charge in [-0.3, -0.25) is 9.59 Å².